The molecule has 0 aliphatic heterocycles. The van der Waals surface area contributed by atoms with Crippen LogP contribution in [-0.2, 0) is 11.2 Å². The SMILES string of the molecule is COc1cc2c(cc1-c1cc(C)c(OC(C)C)c(C)c1)CC(C)(C)C2OC(N)=O. The van der Waals surface area contributed by atoms with Gasteiger partial charge in [-0.05, 0) is 86.2 Å². The molecule has 1 amide bonds. The maximum atomic E-state index is 11.4. The number of carbonyl (C=O) groups excluding carboxylic acids is 1. The number of aryl methyl sites for hydroxylation is 2. The van der Waals surface area contributed by atoms with Crippen LogP contribution >= 0.6 is 0 Å². The number of hydrogen-bond donors (Lipinski definition) is 1. The third-order valence-corrected chi connectivity index (χ3v) is 5.46. The van der Waals surface area contributed by atoms with Crippen LogP contribution in [0, 0.1) is 19.3 Å². The number of amides is 1. The molecule has 1 aliphatic carbocycles. The predicted octanol–water partition coefficient (Wildman–Crippen LogP) is 5.48. The molecule has 2 N–H and O–H groups in total. The minimum Gasteiger partial charge on any atom is -0.496 e. The zero-order valence-corrected chi connectivity index (χ0v) is 18.4. The van der Waals surface area contributed by atoms with Crippen molar-refractivity contribution in [2.45, 2.75) is 60.2 Å². The summed E-state index contributed by atoms with van der Waals surface area (Å²) in [4.78, 5) is 11.4. The normalized spacial score (nSPS) is 17.2. The van der Waals surface area contributed by atoms with E-state index in [-0.39, 0.29) is 17.6 Å². The Morgan fingerprint density at radius 2 is 1.76 bits per heavy atom. The quantitative estimate of drug-likeness (QED) is 0.725. The summed E-state index contributed by atoms with van der Waals surface area (Å²) in [6.45, 7) is 12.4. The summed E-state index contributed by atoms with van der Waals surface area (Å²) in [6.07, 6.45) is -0.226. The average molecular weight is 398 g/mol. The molecule has 0 spiro atoms. The molecule has 1 aliphatic rings. The Bertz CT molecular complexity index is 923. The summed E-state index contributed by atoms with van der Waals surface area (Å²) >= 11 is 0. The fourth-order valence-electron chi connectivity index (χ4n) is 4.30. The highest BCUT2D eigenvalue weighted by atomic mass is 16.6. The number of carbonyl (C=O) groups is 1. The van der Waals surface area contributed by atoms with E-state index >= 15 is 0 Å². The highest BCUT2D eigenvalue weighted by Crippen LogP contribution is 2.50. The summed E-state index contributed by atoms with van der Waals surface area (Å²) in [6, 6.07) is 8.40. The monoisotopic (exact) mass is 397 g/mol. The van der Waals surface area contributed by atoms with E-state index in [2.05, 4.69) is 45.9 Å². The molecule has 5 nitrogen and oxygen atoms in total. The predicted molar refractivity (Wildman–Crippen MR) is 115 cm³/mol. The van der Waals surface area contributed by atoms with E-state index < -0.39 is 6.09 Å². The van der Waals surface area contributed by atoms with Crippen LogP contribution in [0.3, 0.4) is 0 Å². The molecule has 1 atom stereocenters. The fraction of sp³-hybridized carbons (Fsp3) is 0.458. The van der Waals surface area contributed by atoms with Gasteiger partial charge < -0.3 is 19.9 Å². The van der Waals surface area contributed by atoms with Crippen molar-refractivity contribution in [3.8, 4) is 22.6 Å². The maximum absolute atomic E-state index is 11.4. The Hall–Kier alpha value is -2.69. The van der Waals surface area contributed by atoms with Crippen LogP contribution in [0.4, 0.5) is 4.79 Å². The summed E-state index contributed by atoms with van der Waals surface area (Å²) in [5.74, 6) is 1.68. The molecule has 0 radical (unpaired) electrons. The van der Waals surface area contributed by atoms with E-state index in [9.17, 15) is 4.79 Å². The van der Waals surface area contributed by atoms with Gasteiger partial charge in [-0.15, -0.1) is 0 Å². The van der Waals surface area contributed by atoms with Gasteiger partial charge >= 0.3 is 6.09 Å². The van der Waals surface area contributed by atoms with Gasteiger partial charge in [-0.2, -0.15) is 0 Å². The summed E-state index contributed by atoms with van der Waals surface area (Å²) in [5.41, 5.74) is 11.5. The molecule has 0 fully saturated rings. The number of nitrogens with two attached hydrogens (primary N) is 1. The van der Waals surface area contributed by atoms with Crippen molar-refractivity contribution in [1.82, 2.24) is 0 Å². The lowest BCUT2D eigenvalue weighted by Crippen LogP contribution is -2.25. The molecule has 0 saturated carbocycles. The first-order chi connectivity index (χ1) is 13.5. The van der Waals surface area contributed by atoms with Crippen LogP contribution in [-0.4, -0.2) is 19.3 Å². The van der Waals surface area contributed by atoms with Crippen LogP contribution in [0.1, 0.15) is 56.1 Å². The van der Waals surface area contributed by atoms with Gasteiger partial charge in [-0.1, -0.05) is 13.8 Å². The number of benzene rings is 2. The van der Waals surface area contributed by atoms with Gasteiger partial charge in [0.25, 0.3) is 0 Å². The van der Waals surface area contributed by atoms with E-state index in [4.69, 9.17) is 19.9 Å². The topological polar surface area (TPSA) is 70.8 Å². The van der Waals surface area contributed by atoms with Crippen LogP contribution in [0.15, 0.2) is 24.3 Å². The minimum absolute atomic E-state index is 0.122. The van der Waals surface area contributed by atoms with Crippen molar-refractivity contribution < 1.29 is 19.0 Å². The Labute approximate surface area is 173 Å². The van der Waals surface area contributed by atoms with Gasteiger partial charge in [0.2, 0.25) is 0 Å². The van der Waals surface area contributed by atoms with E-state index in [1.807, 2.05) is 19.9 Å². The van der Waals surface area contributed by atoms with E-state index in [0.29, 0.717) is 0 Å². The first-order valence-electron chi connectivity index (χ1n) is 9.98. The largest absolute Gasteiger partial charge is 0.496 e. The Balaban J connectivity index is 2.10. The third kappa shape index (κ3) is 4.04. The van der Waals surface area contributed by atoms with Crippen molar-refractivity contribution in [2.24, 2.45) is 11.1 Å². The molecule has 5 heteroatoms. The molecule has 0 bridgehead atoms. The first-order valence-corrected chi connectivity index (χ1v) is 9.98. The van der Waals surface area contributed by atoms with E-state index in [1.165, 1.54) is 0 Å². The molecule has 0 aromatic heterocycles. The number of hydrogen-bond acceptors (Lipinski definition) is 4. The standard InChI is InChI=1S/C24H31NO4/c1-13(2)28-21-14(3)8-16(9-15(21)4)18-10-17-12-24(5,6)22(29-23(25)26)19(17)11-20(18)27-7/h8-11,13,22H,12H2,1-7H3,(H2,25,26). The van der Waals surface area contributed by atoms with Crippen molar-refractivity contribution in [2.75, 3.05) is 7.11 Å². The molecule has 3 rings (SSSR count). The zero-order chi connectivity index (χ0) is 21.5. The van der Waals surface area contributed by atoms with Gasteiger partial charge in [-0.25, -0.2) is 4.79 Å². The highest BCUT2D eigenvalue weighted by Gasteiger charge is 2.42. The molecule has 1 unspecified atom stereocenters. The molecule has 2 aromatic rings. The third-order valence-electron chi connectivity index (χ3n) is 5.46. The number of primary amides is 1. The van der Waals surface area contributed by atoms with E-state index in [1.54, 1.807) is 7.11 Å². The van der Waals surface area contributed by atoms with Crippen LogP contribution in [0.5, 0.6) is 11.5 Å². The number of fused-ring (bicyclic) bond motifs is 1. The van der Waals surface area contributed by atoms with Gasteiger partial charge in [0.05, 0.1) is 13.2 Å². The molecule has 0 heterocycles. The summed E-state index contributed by atoms with van der Waals surface area (Å²) in [7, 11) is 1.66. The second-order valence-corrected chi connectivity index (χ2v) is 8.84. The van der Waals surface area contributed by atoms with Gasteiger partial charge in [0.15, 0.2) is 0 Å². The summed E-state index contributed by atoms with van der Waals surface area (Å²) in [5, 5.41) is 0. The fourth-order valence-corrected chi connectivity index (χ4v) is 4.30. The molecule has 156 valence electrons. The number of rotatable bonds is 5. The lowest BCUT2D eigenvalue weighted by Gasteiger charge is -2.26. The Morgan fingerprint density at radius 3 is 2.28 bits per heavy atom. The highest BCUT2D eigenvalue weighted by molar-refractivity contribution is 5.75. The minimum atomic E-state index is -0.758. The lowest BCUT2D eigenvalue weighted by molar-refractivity contribution is 0.0391. The van der Waals surface area contributed by atoms with Crippen molar-refractivity contribution in [1.29, 1.82) is 0 Å². The molecular formula is C24H31NO4. The van der Waals surface area contributed by atoms with Gasteiger partial charge in [-0.3, -0.25) is 0 Å². The van der Waals surface area contributed by atoms with Crippen LogP contribution in [0.25, 0.3) is 11.1 Å². The zero-order valence-electron chi connectivity index (χ0n) is 18.4. The molecule has 0 saturated heterocycles. The Kier molecular flexibility index (Phi) is 5.52. The van der Waals surface area contributed by atoms with E-state index in [0.717, 1.165) is 51.3 Å². The average Bonchev–Trinajstić information content (AvgIpc) is 2.85. The lowest BCUT2D eigenvalue weighted by atomic mass is 9.87. The Morgan fingerprint density at radius 1 is 1.14 bits per heavy atom. The molecule has 29 heavy (non-hydrogen) atoms. The van der Waals surface area contributed by atoms with Gasteiger partial charge in [0.1, 0.15) is 17.6 Å². The molecular weight excluding hydrogens is 366 g/mol. The van der Waals surface area contributed by atoms with Crippen molar-refractivity contribution >= 4 is 6.09 Å². The smallest absolute Gasteiger partial charge is 0.405 e. The van der Waals surface area contributed by atoms with Gasteiger partial charge in [0, 0.05) is 11.0 Å². The number of methoxy groups -OCH3 is 1. The van der Waals surface area contributed by atoms with Crippen molar-refractivity contribution in [3.63, 3.8) is 0 Å². The second-order valence-electron chi connectivity index (χ2n) is 8.84. The number of ether oxygens (including phenoxy) is 3. The summed E-state index contributed by atoms with van der Waals surface area (Å²) < 4.78 is 17.2. The van der Waals surface area contributed by atoms with Crippen LogP contribution < -0.4 is 15.2 Å². The molecule has 2 aromatic carbocycles. The van der Waals surface area contributed by atoms with Crippen molar-refractivity contribution in [3.05, 3.63) is 46.5 Å². The first kappa shape index (κ1) is 21.0. The maximum Gasteiger partial charge on any atom is 0.405 e. The van der Waals surface area contributed by atoms with Crippen LogP contribution in [0.2, 0.25) is 0 Å². The second kappa shape index (κ2) is 7.62.